The molecule has 0 aliphatic carbocycles. The number of hydrogen-bond donors (Lipinski definition) is 1. The van der Waals surface area contributed by atoms with Gasteiger partial charge in [-0.3, -0.25) is 0 Å². The number of aromatic nitrogens is 2. The normalized spacial score (nSPS) is 10.7. The maximum absolute atomic E-state index is 5.61. The second-order valence-electron chi connectivity index (χ2n) is 3.18. The average Bonchev–Trinajstić information content (AvgIpc) is 2.73. The van der Waals surface area contributed by atoms with Gasteiger partial charge < -0.3 is 5.32 Å². The first kappa shape index (κ1) is 10.6. The zero-order valence-corrected chi connectivity index (χ0v) is 9.81. The van der Waals surface area contributed by atoms with Gasteiger partial charge in [-0.05, 0) is 24.3 Å². The first-order valence-electron chi connectivity index (χ1n) is 4.90. The second-order valence-corrected chi connectivity index (χ2v) is 4.47. The van der Waals surface area contributed by atoms with E-state index >= 15 is 0 Å². The van der Waals surface area contributed by atoms with Gasteiger partial charge in [0.2, 0.25) is 0 Å². The van der Waals surface area contributed by atoms with Crippen LogP contribution >= 0.6 is 22.9 Å². The van der Waals surface area contributed by atoms with Crippen LogP contribution in [0.25, 0.3) is 10.2 Å². The van der Waals surface area contributed by atoms with Crippen molar-refractivity contribution in [2.75, 3.05) is 17.7 Å². The number of halogens is 1. The largest absolute Gasteiger partial charge is 0.369 e. The SMILES string of the molecule is ClCCCCNc1ncnc2ccsc12. The first-order valence-corrected chi connectivity index (χ1v) is 6.31. The van der Waals surface area contributed by atoms with Gasteiger partial charge in [-0.1, -0.05) is 0 Å². The van der Waals surface area contributed by atoms with Gasteiger partial charge in [0.05, 0.1) is 10.2 Å². The summed E-state index contributed by atoms with van der Waals surface area (Å²) < 4.78 is 1.13. The molecule has 80 valence electrons. The molecule has 0 aliphatic heterocycles. The number of nitrogens with zero attached hydrogens (tertiary/aromatic N) is 2. The van der Waals surface area contributed by atoms with Crippen LogP contribution in [0.3, 0.4) is 0 Å². The zero-order chi connectivity index (χ0) is 10.5. The lowest BCUT2D eigenvalue weighted by molar-refractivity contribution is 0.837. The second kappa shape index (κ2) is 5.28. The third-order valence-corrected chi connectivity index (χ3v) is 3.27. The molecule has 0 aliphatic rings. The molecule has 0 saturated carbocycles. The van der Waals surface area contributed by atoms with Crippen LogP contribution in [0.5, 0.6) is 0 Å². The molecular weight excluding hydrogens is 230 g/mol. The number of rotatable bonds is 5. The van der Waals surface area contributed by atoms with Crippen molar-refractivity contribution in [3.8, 4) is 0 Å². The van der Waals surface area contributed by atoms with Crippen LogP contribution in [0.4, 0.5) is 5.82 Å². The first-order chi connectivity index (χ1) is 7.42. The highest BCUT2D eigenvalue weighted by Gasteiger charge is 2.03. The molecule has 3 nitrogen and oxygen atoms in total. The topological polar surface area (TPSA) is 37.8 Å². The van der Waals surface area contributed by atoms with E-state index in [1.807, 2.05) is 11.4 Å². The molecule has 0 atom stereocenters. The minimum atomic E-state index is 0.722. The molecular formula is C10H12ClN3S. The highest BCUT2D eigenvalue weighted by Crippen LogP contribution is 2.24. The molecule has 2 rings (SSSR count). The van der Waals surface area contributed by atoms with Gasteiger partial charge in [0.1, 0.15) is 12.1 Å². The highest BCUT2D eigenvalue weighted by molar-refractivity contribution is 7.17. The summed E-state index contributed by atoms with van der Waals surface area (Å²) in [5.41, 5.74) is 1.01. The van der Waals surface area contributed by atoms with E-state index in [1.165, 1.54) is 0 Å². The summed E-state index contributed by atoms with van der Waals surface area (Å²) in [5.74, 6) is 1.66. The Morgan fingerprint density at radius 2 is 2.27 bits per heavy atom. The fraction of sp³-hybridized carbons (Fsp3) is 0.400. The minimum absolute atomic E-state index is 0.722. The van der Waals surface area contributed by atoms with Crippen LogP contribution in [0.1, 0.15) is 12.8 Å². The van der Waals surface area contributed by atoms with Crippen LogP contribution < -0.4 is 5.32 Å². The van der Waals surface area contributed by atoms with Gasteiger partial charge in [0.25, 0.3) is 0 Å². The summed E-state index contributed by atoms with van der Waals surface area (Å²) in [6, 6.07) is 2.01. The Hall–Kier alpha value is -0.870. The van der Waals surface area contributed by atoms with Crippen molar-refractivity contribution in [2.24, 2.45) is 0 Å². The van der Waals surface area contributed by atoms with E-state index in [2.05, 4.69) is 15.3 Å². The Kier molecular flexibility index (Phi) is 3.75. The molecule has 15 heavy (non-hydrogen) atoms. The van der Waals surface area contributed by atoms with Gasteiger partial charge in [-0.15, -0.1) is 22.9 Å². The lowest BCUT2D eigenvalue weighted by Crippen LogP contribution is -2.03. The quantitative estimate of drug-likeness (QED) is 0.646. The molecule has 0 radical (unpaired) electrons. The zero-order valence-electron chi connectivity index (χ0n) is 8.24. The fourth-order valence-electron chi connectivity index (χ4n) is 1.34. The van der Waals surface area contributed by atoms with E-state index in [9.17, 15) is 0 Å². The predicted octanol–water partition coefficient (Wildman–Crippen LogP) is 3.12. The summed E-state index contributed by atoms with van der Waals surface area (Å²) in [6.07, 6.45) is 3.70. The van der Waals surface area contributed by atoms with Gasteiger partial charge in [0, 0.05) is 12.4 Å². The van der Waals surface area contributed by atoms with Crippen LogP contribution in [-0.4, -0.2) is 22.4 Å². The lowest BCUT2D eigenvalue weighted by atomic mass is 10.3. The van der Waals surface area contributed by atoms with Crippen LogP contribution in [0, 0.1) is 0 Å². The van der Waals surface area contributed by atoms with Gasteiger partial charge in [0.15, 0.2) is 0 Å². The molecule has 0 fully saturated rings. The summed E-state index contributed by atoms with van der Waals surface area (Å²) in [7, 11) is 0. The minimum Gasteiger partial charge on any atom is -0.369 e. The molecule has 1 N–H and O–H groups in total. The molecule has 0 aromatic carbocycles. The monoisotopic (exact) mass is 241 g/mol. The Morgan fingerprint density at radius 3 is 3.13 bits per heavy atom. The smallest absolute Gasteiger partial charge is 0.147 e. The van der Waals surface area contributed by atoms with Gasteiger partial charge >= 0.3 is 0 Å². The number of hydrogen-bond acceptors (Lipinski definition) is 4. The van der Waals surface area contributed by atoms with E-state index in [0.717, 1.165) is 41.3 Å². The van der Waals surface area contributed by atoms with Crippen molar-refractivity contribution >= 4 is 39.0 Å². The predicted molar refractivity (Wildman–Crippen MR) is 65.9 cm³/mol. The van der Waals surface area contributed by atoms with E-state index in [1.54, 1.807) is 17.7 Å². The average molecular weight is 242 g/mol. The summed E-state index contributed by atoms with van der Waals surface area (Å²) >= 11 is 7.27. The van der Waals surface area contributed by atoms with E-state index in [-0.39, 0.29) is 0 Å². The number of thiophene rings is 1. The van der Waals surface area contributed by atoms with Crippen molar-refractivity contribution in [3.63, 3.8) is 0 Å². The molecule has 5 heteroatoms. The number of unbranched alkanes of at least 4 members (excludes halogenated alkanes) is 1. The van der Waals surface area contributed by atoms with Crippen molar-refractivity contribution < 1.29 is 0 Å². The Labute approximate surface area is 97.5 Å². The lowest BCUT2D eigenvalue weighted by Gasteiger charge is -2.04. The number of nitrogens with one attached hydrogen (secondary N) is 1. The molecule has 0 bridgehead atoms. The Balaban J connectivity index is 2.04. The molecule has 0 spiro atoms. The standard InChI is InChI=1S/C10H12ClN3S/c11-4-1-2-5-12-10-9-8(3-6-15-9)13-7-14-10/h3,6-7H,1-2,4-5H2,(H,12,13,14). The molecule has 0 unspecified atom stereocenters. The number of anilines is 1. The highest BCUT2D eigenvalue weighted by atomic mass is 35.5. The van der Waals surface area contributed by atoms with Gasteiger partial charge in [-0.25, -0.2) is 9.97 Å². The van der Waals surface area contributed by atoms with E-state index in [0.29, 0.717) is 0 Å². The third-order valence-electron chi connectivity index (χ3n) is 2.10. The van der Waals surface area contributed by atoms with E-state index < -0.39 is 0 Å². The summed E-state index contributed by atoms with van der Waals surface area (Å²) in [4.78, 5) is 8.42. The molecule has 2 heterocycles. The Morgan fingerprint density at radius 1 is 1.33 bits per heavy atom. The van der Waals surface area contributed by atoms with Crippen LogP contribution in [0.2, 0.25) is 0 Å². The van der Waals surface area contributed by atoms with Crippen molar-refractivity contribution in [2.45, 2.75) is 12.8 Å². The number of alkyl halides is 1. The van der Waals surface area contributed by atoms with E-state index in [4.69, 9.17) is 11.6 Å². The van der Waals surface area contributed by atoms with Crippen LogP contribution in [-0.2, 0) is 0 Å². The molecule has 0 saturated heterocycles. The van der Waals surface area contributed by atoms with Crippen LogP contribution in [0.15, 0.2) is 17.8 Å². The molecule has 2 aromatic rings. The third kappa shape index (κ3) is 2.58. The molecule has 0 amide bonds. The molecule has 2 aromatic heterocycles. The summed E-state index contributed by atoms with van der Waals surface area (Å²) in [5, 5.41) is 5.34. The van der Waals surface area contributed by atoms with Crippen molar-refractivity contribution in [3.05, 3.63) is 17.8 Å². The van der Waals surface area contributed by atoms with Crippen molar-refractivity contribution in [1.82, 2.24) is 9.97 Å². The maximum Gasteiger partial charge on any atom is 0.147 e. The Bertz CT molecular complexity index is 429. The van der Waals surface area contributed by atoms with Crippen molar-refractivity contribution in [1.29, 1.82) is 0 Å². The van der Waals surface area contributed by atoms with Gasteiger partial charge in [-0.2, -0.15) is 0 Å². The summed E-state index contributed by atoms with van der Waals surface area (Å²) in [6.45, 7) is 0.913. The maximum atomic E-state index is 5.61. The number of fused-ring (bicyclic) bond motifs is 1. The fourth-order valence-corrected chi connectivity index (χ4v) is 2.34.